The molecule has 2 aromatic carbocycles. The number of hydrogen-bond donors (Lipinski definition) is 0. The van der Waals surface area contributed by atoms with Crippen LogP contribution in [0.25, 0.3) is 22.0 Å². The van der Waals surface area contributed by atoms with Crippen LogP contribution in [0.4, 0.5) is 4.39 Å². The summed E-state index contributed by atoms with van der Waals surface area (Å²) in [5.74, 6) is -1.57. The van der Waals surface area contributed by atoms with E-state index in [9.17, 15) is 14.0 Å². The fraction of sp³-hybridized carbons (Fsp3) is 0.100. The Bertz CT molecular complexity index is 1180. The predicted octanol–water partition coefficient (Wildman–Crippen LogP) is 3.51. The average molecular weight is 411 g/mol. The van der Waals surface area contributed by atoms with Gasteiger partial charge in [-0.15, -0.1) is 16.4 Å². The van der Waals surface area contributed by atoms with Gasteiger partial charge in [-0.3, -0.25) is 4.79 Å². The molecule has 4 rings (SSSR count). The van der Waals surface area contributed by atoms with Crippen LogP contribution in [0.1, 0.15) is 5.69 Å². The fourth-order valence-electron chi connectivity index (χ4n) is 2.52. The molecule has 0 amide bonds. The molecule has 0 saturated heterocycles. The van der Waals surface area contributed by atoms with Gasteiger partial charge < -0.3 is 9.15 Å². The second-order valence-electron chi connectivity index (χ2n) is 6.01. The molecule has 146 valence electrons. The van der Waals surface area contributed by atoms with Crippen LogP contribution < -0.4 is 5.76 Å². The normalized spacial score (nSPS) is 10.8. The van der Waals surface area contributed by atoms with E-state index in [0.717, 1.165) is 10.2 Å². The van der Waals surface area contributed by atoms with Gasteiger partial charge >= 0.3 is 11.7 Å². The van der Waals surface area contributed by atoms with Crippen molar-refractivity contribution in [2.75, 3.05) is 0 Å². The average Bonchev–Trinajstić information content (AvgIpc) is 3.35. The highest BCUT2D eigenvalue weighted by molar-refractivity contribution is 7.13. The zero-order chi connectivity index (χ0) is 20.2. The maximum absolute atomic E-state index is 13.0. The van der Waals surface area contributed by atoms with Crippen molar-refractivity contribution in [3.8, 4) is 22.0 Å². The van der Waals surface area contributed by atoms with Gasteiger partial charge in [0.1, 0.15) is 24.0 Å². The molecule has 0 aliphatic carbocycles. The number of carbonyl (C=O) groups excluding carboxylic acids is 1. The van der Waals surface area contributed by atoms with E-state index in [1.165, 1.54) is 23.5 Å². The Balaban J connectivity index is 1.37. The van der Waals surface area contributed by atoms with E-state index >= 15 is 0 Å². The second-order valence-corrected chi connectivity index (χ2v) is 6.87. The van der Waals surface area contributed by atoms with Gasteiger partial charge in [-0.25, -0.2) is 14.2 Å². The summed E-state index contributed by atoms with van der Waals surface area (Å²) in [6, 6.07) is 14.9. The van der Waals surface area contributed by atoms with Crippen LogP contribution in [-0.2, 0) is 22.7 Å². The first kappa shape index (κ1) is 18.8. The molecular formula is C20H14FN3O4S. The highest BCUT2D eigenvalue weighted by Crippen LogP contribution is 2.24. The molecule has 0 bridgehead atoms. The van der Waals surface area contributed by atoms with Crippen molar-refractivity contribution in [2.45, 2.75) is 13.2 Å². The first-order valence-electron chi connectivity index (χ1n) is 8.58. The summed E-state index contributed by atoms with van der Waals surface area (Å²) in [6.45, 7) is -0.418. The molecule has 9 heteroatoms. The van der Waals surface area contributed by atoms with E-state index < -0.39 is 11.7 Å². The smallest absolute Gasteiger partial charge is 0.437 e. The second kappa shape index (κ2) is 8.19. The summed E-state index contributed by atoms with van der Waals surface area (Å²) < 4.78 is 24.2. The van der Waals surface area contributed by atoms with Gasteiger partial charge in [0, 0.05) is 16.5 Å². The Morgan fingerprint density at radius 1 is 1.10 bits per heavy atom. The van der Waals surface area contributed by atoms with Crippen molar-refractivity contribution in [2.24, 2.45) is 0 Å². The minimum absolute atomic E-state index is 0.0470. The quantitative estimate of drug-likeness (QED) is 0.451. The third-order valence-corrected chi connectivity index (χ3v) is 4.87. The van der Waals surface area contributed by atoms with Crippen molar-refractivity contribution in [1.29, 1.82) is 0 Å². The largest absolute Gasteiger partial charge is 0.458 e. The van der Waals surface area contributed by atoms with Crippen LogP contribution in [0.15, 0.2) is 69.2 Å². The number of nitrogens with zero attached hydrogens (tertiary/aromatic N) is 3. The molecule has 2 aromatic heterocycles. The summed E-state index contributed by atoms with van der Waals surface area (Å²) >= 11 is 1.36. The molecule has 0 fully saturated rings. The van der Waals surface area contributed by atoms with E-state index in [0.29, 0.717) is 16.3 Å². The Hall–Kier alpha value is -3.59. The molecule has 29 heavy (non-hydrogen) atoms. The van der Waals surface area contributed by atoms with Crippen molar-refractivity contribution < 1.29 is 18.3 Å². The van der Waals surface area contributed by atoms with Gasteiger partial charge in [-0.1, -0.05) is 18.2 Å². The van der Waals surface area contributed by atoms with Gasteiger partial charge in [0.05, 0.1) is 5.69 Å². The molecule has 0 radical (unpaired) electrons. The highest BCUT2D eigenvalue weighted by atomic mass is 32.1. The maximum atomic E-state index is 13.0. The lowest BCUT2D eigenvalue weighted by Gasteiger charge is -2.01. The van der Waals surface area contributed by atoms with Gasteiger partial charge in [-0.05, 0) is 36.4 Å². The van der Waals surface area contributed by atoms with Crippen LogP contribution >= 0.6 is 11.3 Å². The van der Waals surface area contributed by atoms with Gasteiger partial charge in [0.25, 0.3) is 0 Å². The standard InChI is InChI=1S/C20H14FN3O4S/c21-15-8-6-14(7-9-15)19-22-16(12-29-19)11-27-17(25)10-24-20(26)28-18(23-24)13-4-2-1-3-5-13/h1-9,12H,10-11H2. The molecule has 0 atom stereocenters. The Kier molecular flexibility index (Phi) is 5.30. The first-order valence-corrected chi connectivity index (χ1v) is 9.46. The predicted molar refractivity (Wildman–Crippen MR) is 104 cm³/mol. The fourth-order valence-corrected chi connectivity index (χ4v) is 3.33. The number of thiazole rings is 1. The number of aromatic nitrogens is 3. The van der Waals surface area contributed by atoms with Gasteiger partial charge in [0.2, 0.25) is 5.89 Å². The summed E-state index contributed by atoms with van der Waals surface area (Å²) in [5.41, 5.74) is 1.96. The van der Waals surface area contributed by atoms with Crippen LogP contribution in [0.2, 0.25) is 0 Å². The lowest BCUT2D eigenvalue weighted by Crippen LogP contribution is -2.23. The molecule has 0 aliphatic heterocycles. The third kappa shape index (κ3) is 4.46. The number of carbonyl (C=O) groups is 1. The first-order chi connectivity index (χ1) is 14.1. The lowest BCUT2D eigenvalue weighted by molar-refractivity contribution is -0.146. The molecule has 0 aliphatic rings. The third-order valence-electron chi connectivity index (χ3n) is 3.93. The number of hydrogen-bond acceptors (Lipinski definition) is 7. The number of halogens is 1. The maximum Gasteiger partial charge on any atom is 0.437 e. The highest BCUT2D eigenvalue weighted by Gasteiger charge is 2.14. The van der Waals surface area contributed by atoms with Crippen molar-refractivity contribution >= 4 is 17.3 Å². The van der Waals surface area contributed by atoms with E-state index in [1.807, 2.05) is 6.07 Å². The summed E-state index contributed by atoms with van der Waals surface area (Å²) in [7, 11) is 0. The number of benzene rings is 2. The summed E-state index contributed by atoms with van der Waals surface area (Å²) in [5, 5.41) is 6.46. The Morgan fingerprint density at radius 3 is 2.62 bits per heavy atom. The topological polar surface area (TPSA) is 87.2 Å². The SMILES string of the molecule is O=C(Cn1nc(-c2ccccc2)oc1=O)OCc1csc(-c2ccc(F)cc2)n1. The summed E-state index contributed by atoms with van der Waals surface area (Å²) in [4.78, 5) is 28.3. The Morgan fingerprint density at radius 2 is 1.86 bits per heavy atom. The zero-order valence-electron chi connectivity index (χ0n) is 14.9. The van der Waals surface area contributed by atoms with E-state index in [2.05, 4.69) is 10.1 Å². The lowest BCUT2D eigenvalue weighted by atomic mass is 10.2. The Labute approximate surface area is 168 Å². The molecule has 0 spiro atoms. The summed E-state index contributed by atoms with van der Waals surface area (Å²) in [6.07, 6.45) is 0. The number of ether oxygens (including phenoxy) is 1. The van der Waals surface area contributed by atoms with E-state index in [1.54, 1.807) is 41.8 Å². The molecule has 2 heterocycles. The molecule has 4 aromatic rings. The number of rotatable bonds is 6. The minimum atomic E-state index is -0.743. The van der Waals surface area contributed by atoms with E-state index in [4.69, 9.17) is 9.15 Å². The molecular weight excluding hydrogens is 397 g/mol. The molecule has 0 unspecified atom stereocenters. The van der Waals surface area contributed by atoms with Crippen molar-refractivity contribution in [3.05, 3.63) is 82.0 Å². The molecule has 0 saturated carbocycles. The van der Waals surface area contributed by atoms with Gasteiger partial charge in [0.15, 0.2) is 0 Å². The number of esters is 1. The van der Waals surface area contributed by atoms with E-state index in [-0.39, 0.29) is 24.9 Å². The van der Waals surface area contributed by atoms with Gasteiger partial charge in [-0.2, -0.15) is 4.68 Å². The van der Waals surface area contributed by atoms with Crippen molar-refractivity contribution in [3.63, 3.8) is 0 Å². The van der Waals surface area contributed by atoms with Crippen LogP contribution in [-0.4, -0.2) is 20.7 Å². The molecule has 7 nitrogen and oxygen atoms in total. The monoisotopic (exact) mass is 411 g/mol. The van der Waals surface area contributed by atoms with Crippen LogP contribution in [0, 0.1) is 5.82 Å². The van der Waals surface area contributed by atoms with Crippen molar-refractivity contribution in [1.82, 2.24) is 14.8 Å². The zero-order valence-corrected chi connectivity index (χ0v) is 15.8. The van der Waals surface area contributed by atoms with Crippen LogP contribution in [0.5, 0.6) is 0 Å². The minimum Gasteiger partial charge on any atom is -0.458 e. The molecule has 0 N–H and O–H groups in total. The van der Waals surface area contributed by atoms with Crippen LogP contribution in [0.3, 0.4) is 0 Å².